The summed E-state index contributed by atoms with van der Waals surface area (Å²) in [5.74, 6) is -4.06. The SMILES string of the molecule is COC(=O)C1CN2C(=O)c3c(OCOP(=O)(O)O)c(=O)ccn3N([C@@H]3c4ccccc4SCc4c3ccc(F)c4F)[C@@H]2CO1. The Bertz CT molecular complexity index is 1770. The number of nitrogens with zero attached hydrogens (tertiary/aromatic N) is 3. The second kappa shape index (κ2) is 11.6. The standard InChI is InChI=1S/C27H24F2N3O10PS/c1-39-27(35)19-10-30-21(11-40-19)32(31-9-8-18(33)25(24(31)26(30)34)41-13-42-43(36,37)38)23-14-6-7-17(28)22(29)16(14)12-44-20-5-3-2-4-15(20)23/h2-9,19,21,23H,10-13H2,1H3,(H2,36,37,38)/t19?,21-,23+/m1/s1. The van der Waals surface area contributed by atoms with E-state index in [0.29, 0.717) is 11.1 Å². The van der Waals surface area contributed by atoms with Crippen LogP contribution < -0.4 is 15.2 Å². The smallest absolute Gasteiger partial charge is 0.467 e. The maximum absolute atomic E-state index is 15.4. The van der Waals surface area contributed by atoms with Gasteiger partial charge in [0.05, 0.1) is 26.3 Å². The number of hydrogen-bond donors (Lipinski definition) is 2. The van der Waals surface area contributed by atoms with Gasteiger partial charge in [0.15, 0.2) is 23.4 Å². The number of benzene rings is 2. The highest BCUT2D eigenvalue weighted by Crippen LogP contribution is 2.45. The van der Waals surface area contributed by atoms with E-state index in [1.165, 1.54) is 33.6 Å². The van der Waals surface area contributed by atoms with Crippen LogP contribution in [0, 0.1) is 11.6 Å². The predicted octanol–water partition coefficient (Wildman–Crippen LogP) is 2.26. The summed E-state index contributed by atoms with van der Waals surface area (Å²) in [5.41, 5.74) is -0.0169. The number of morpholine rings is 1. The van der Waals surface area contributed by atoms with E-state index in [2.05, 4.69) is 4.52 Å². The minimum Gasteiger partial charge on any atom is -0.467 e. The third-order valence-electron chi connectivity index (χ3n) is 7.49. The van der Waals surface area contributed by atoms with Crippen LogP contribution in [0.3, 0.4) is 0 Å². The van der Waals surface area contributed by atoms with Crippen LogP contribution in [0.5, 0.6) is 5.75 Å². The second-order valence-corrected chi connectivity index (χ2v) is 12.2. The van der Waals surface area contributed by atoms with E-state index >= 15 is 4.39 Å². The molecule has 13 nitrogen and oxygen atoms in total. The minimum absolute atomic E-state index is 0.0953. The van der Waals surface area contributed by atoms with E-state index in [1.54, 1.807) is 23.2 Å². The number of carbonyl (C=O) groups excluding carboxylic acids is 2. The van der Waals surface area contributed by atoms with Gasteiger partial charge in [-0.2, -0.15) is 0 Å². The van der Waals surface area contributed by atoms with Crippen LogP contribution in [0.2, 0.25) is 0 Å². The minimum atomic E-state index is -5.00. The summed E-state index contributed by atoms with van der Waals surface area (Å²) >= 11 is 1.30. The van der Waals surface area contributed by atoms with Gasteiger partial charge in [-0.25, -0.2) is 22.7 Å². The lowest BCUT2D eigenvalue weighted by atomic mass is 9.93. The number of thioether (sulfide) groups is 1. The van der Waals surface area contributed by atoms with Crippen molar-refractivity contribution in [1.82, 2.24) is 9.58 Å². The van der Waals surface area contributed by atoms with Crippen LogP contribution >= 0.6 is 19.6 Å². The highest BCUT2D eigenvalue weighted by molar-refractivity contribution is 7.98. The molecule has 0 radical (unpaired) electrons. The molecule has 1 aromatic heterocycles. The lowest BCUT2D eigenvalue weighted by molar-refractivity contribution is -0.162. The molecule has 0 spiro atoms. The fourth-order valence-electron chi connectivity index (χ4n) is 5.57. The molecule has 3 atom stereocenters. The Morgan fingerprint density at radius 2 is 1.91 bits per heavy atom. The molecule has 6 rings (SSSR count). The number of rotatable bonds is 6. The van der Waals surface area contributed by atoms with Gasteiger partial charge in [0.2, 0.25) is 18.0 Å². The van der Waals surface area contributed by atoms with Crippen molar-refractivity contribution < 1.29 is 51.5 Å². The number of hydrogen-bond acceptors (Lipinski definition) is 10. The van der Waals surface area contributed by atoms with Gasteiger partial charge >= 0.3 is 13.8 Å². The van der Waals surface area contributed by atoms with Crippen LogP contribution in [0.1, 0.15) is 33.2 Å². The van der Waals surface area contributed by atoms with Crippen molar-refractivity contribution in [1.29, 1.82) is 0 Å². The molecule has 2 aromatic carbocycles. The molecule has 2 N–H and O–H groups in total. The van der Waals surface area contributed by atoms with Crippen LogP contribution in [0.15, 0.2) is 58.4 Å². The number of carbonyl (C=O) groups is 2. The Labute approximate surface area is 252 Å². The van der Waals surface area contributed by atoms with E-state index < -0.39 is 67.6 Å². The summed E-state index contributed by atoms with van der Waals surface area (Å²) in [6.07, 6.45) is -0.821. The van der Waals surface area contributed by atoms with Gasteiger partial charge in [-0.3, -0.25) is 19.3 Å². The normalized spacial score (nSPS) is 21.0. The van der Waals surface area contributed by atoms with Gasteiger partial charge in [-0.15, -0.1) is 11.8 Å². The largest absolute Gasteiger partial charge is 0.472 e. The molecule has 17 heteroatoms. The molecular formula is C27H24F2N3O10PS. The third-order valence-corrected chi connectivity index (χ3v) is 9.04. The third kappa shape index (κ3) is 5.27. The molecule has 3 aliphatic rings. The highest BCUT2D eigenvalue weighted by Gasteiger charge is 2.49. The monoisotopic (exact) mass is 651 g/mol. The Kier molecular flexibility index (Phi) is 7.98. The summed E-state index contributed by atoms with van der Waals surface area (Å²) in [6, 6.07) is 9.85. The Morgan fingerprint density at radius 1 is 1.14 bits per heavy atom. The quantitative estimate of drug-likeness (QED) is 0.228. The maximum Gasteiger partial charge on any atom is 0.472 e. The average Bonchev–Trinajstić information content (AvgIpc) is 3.16. The molecule has 1 fully saturated rings. The van der Waals surface area contributed by atoms with Gasteiger partial charge in [0, 0.05) is 28.5 Å². The molecule has 0 aliphatic carbocycles. The topological polar surface area (TPSA) is 157 Å². The predicted molar refractivity (Wildman–Crippen MR) is 148 cm³/mol. The zero-order valence-corrected chi connectivity index (χ0v) is 24.5. The first-order chi connectivity index (χ1) is 21.0. The van der Waals surface area contributed by atoms with Crippen molar-refractivity contribution in [2.75, 3.05) is 32.1 Å². The lowest BCUT2D eigenvalue weighted by Crippen LogP contribution is -2.68. The molecular weight excluding hydrogens is 627 g/mol. The molecule has 0 bridgehead atoms. The van der Waals surface area contributed by atoms with Crippen molar-refractivity contribution in [2.45, 2.75) is 29.0 Å². The average molecular weight is 652 g/mol. The summed E-state index contributed by atoms with van der Waals surface area (Å²) in [4.78, 5) is 59.7. The van der Waals surface area contributed by atoms with Gasteiger partial charge in [-0.1, -0.05) is 24.3 Å². The van der Waals surface area contributed by atoms with Crippen molar-refractivity contribution >= 4 is 31.5 Å². The van der Waals surface area contributed by atoms with E-state index in [-0.39, 0.29) is 30.2 Å². The molecule has 1 unspecified atom stereocenters. The summed E-state index contributed by atoms with van der Waals surface area (Å²) < 4.78 is 62.8. The summed E-state index contributed by atoms with van der Waals surface area (Å²) in [7, 11) is -3.84. The summed E-state index contributed by atoms with van der Waals surface area (Å²) in [6.45, 7) is -1.60. The number of halogens is 2. The number of phosphoric ester groups is 1. The maximum atomic E-state index is 15.4. The summed E-state index contributed by atoms with van der Waals surface area (Å²) in [5, 5.41) is 1.64. The molecule has 1 saturated heterocycles. The Hall–Kier alpha value is -3.79. The lowest BCUT2D eigenvalue weighted by Gasteiger charge is -2.52. The zero-order chi connectivity index (χ0) is 31.3. The van der Waals surface area contributed by atoms with E-state index in [1.807, 2.05) is 6.07 Å². The Balaban J connectivity index is 1.58. The first-order valence-electron chi connectivity index (χ1n) is 13.1. The van der Waals surface area contributed by atoms with Crippen LogP contribution in [-0.4, -0.2) is 70.6 Å². The molecule has 232 valence electrons. The number of methoxy groups -OCH3 is 1. The second-order valence-electron chi connectivity index (χ2n) is 9.91. The van der Waals surface area contributed by atoms with E-state index in [4.69, 9.17) is 24.0 Å². The molecule has 1 amide bonds. The number of phosphoric acid groups is 1. The number of amides is 1. The molecule has 3 aromatic rings. The van der Waals surface area contributed by atoms with Crippen LogP contribution in [0.25, 0.3) is 0 Å². The first-order valence-corrected chi connectivity index (χ1v) is 15.6. The van der Waals surface area contributed by atoms with E-state index in [0.717, 1.165) is 24.1 Å². The fourth-order valence-corrected chi connectivity index (χ4v) is 6.88. The van der Waals surface area contributed by atoms with Gasteiger partial charge < -0.3 is 28.9 Å². The van der Waals surface area contributed by atoms with Crippen LogP contribution in [0.4, 0.5) is 8.78 Å². The zero-order valence-electron chi connectivity index (χ0n) is 22.8. The molecule has 4 heterocycles. The van der Waals surface area contributed by atoms with Gasteiger partial charge in [0.25, 0.3) is 5.91 Å². The van der Waals surface area contributed by atoms with Crippen molar-refractivity contribution in [2.24, 2.45) is 0 Å². The van der Waals surface area contributed by atoms with Gasteiger partial charge in [0.1, 0.15) is 6.17 Å². The van der Waals surface area contributed by atoms with E-state index in [9.17, 15) is 23.3 Å². The number of ether oxygens (including phenoxy) is 3. The molecule has 44 heavy (non-hydrogen) atoms. The van der Waals surface area contributed by atoms with Crippen molar-refractivity contribution in [3.05, 3.63) is 92.9 Å². The number of pyridine rings is 1. The number of esters is 1. The van der Waals surface area contributed by atoms with Crippen molar-refractivity contribution in [3.63, 3.8) is 0 Å². The first kappa shape index (κ1) is 30.2. The fraction of sp³-hybridized carbons (Fsp3) is 0.296. The molecule has 3 aliphatic heterocycles. The van der Waals surface area contributed by atoms with Crippen molar-refractivity contribution in [3.8, 4) is 5.75 Å². The Morgan fingerprint density at radius 3 is 2.66 bits per heavy atom. The van der Waals surface area contributed by atoms with Crippen LogP contribution in [-0.2, 0) is 29.1 Å². The molecule has 0 saturated carbocycles. The highest BCUT2D eigenvalue weighted by atomic mass is 32.2. The number of fused-ring (bicyclic) bond motifs is 4. The van der Waals surface area contributed by atoms with Gasteiger partial charge in [-0.05, 0) is 23.3 Å². The number of aromatic nitrogens is 1.